The fraction of sp³-hybridized carbons (Fsp3) is 0.0952. The largest absolute Gasteiger partial charge is 0.322 e. The van der Waals surface area contributed by atoms with Gasteiger partial charge >= 0.3 is 0 Å². The van der Waals surface area contributed by atoms with E-state index in [1.54, 1.807) is 30.3 Å². The Morgan fingerprint density at radius 2 is 1.37 bits per heavy atom. The van der Waals surface area contributed by atoms with E-state index in [-0.39, 0.29) is 10.8 Å². The highest BCUT2D eigenvalue weighted by Crippen LogP contribution is 2.21. The molecule has 3 aromatic carbocycles. The number of benzene rings is 3. The molecule has 0 saturated heterocycles. The van der Waals surface area contributed by atoms with Crippen molar-refractivity contribution in [2.75, 3.05) is 10.0 Å². The van der Waals surface area contributed by atoms with Crippen molar-refractivity contribution in [2.45, 2.75) is 18.7 Å². The van der Waals surface area contributed by atoms with Gasteiger partial charge in [0.05, 0.1) is 4.90 Å². The summed E-state index contributed by atoms with van der Waals surface area (Å²) in [5, 5.41) is 2.89. The molecule has 27 heavy (non-hydrogen) atoms. The van der Waals surface area contributed by atoms with E-state index in [9.17, 15) is 13.2 Å². The number of sulfonamides is 1. The number of aryl methyl sites for hydroxylation is 2. The molecule has 0 aliphatic rings. The monoisotopic (exact) mass is 380 g/mol. The average Bonchev–Trinajstić information content (AvgIpc) is 2.65. The van der Waals surface area contributed by atoms with E-state index in [1.807, 2.05) is 32.0 Å². The zero-order chi connectivity index (χ0) is 19.4. The molecule has 0 spiro atoms. The van der Waals surface area contributed by atoms with Crippen molar-refractivity contribution in [3.05, 3.63) is 89.5 Å². The molecule has 0 aliphatic carbocycles. The second-order valence-electron chi connectivity index (χ2n) is 6.22. The standard InChI is InChI=1S/C21H20N2O3S/c1-15-7-6-8-16(2)20(15)22-21(24)17-11-13-19(14-12-17)27(25,26)23-18-9-4-3-5-10-18/h3-14,23H,1-2H3,(H,22,24). The van der Waals surface area contributed by atoms with E-state index in [0.717, 1.165) is 16.8 Å². The van der Waals surface area contributed by atoms with Crippen molar-refractivity contribution in [3.63, 3.8) is 0 Å². The van der Waals surface area contributed by atoms with Crippen molar-refractivity contribution < 1.29 is 13.2 Å². The molecule has 0 bridgehead atoms. The minimum absolute atomic E-state index is 0.0926. The molecule has 2 N–H and O–H groups in total. The van der Waals surface area contributed by atoms with Gasteiger partial charge in [0.1, 0.15) is 0 Å². The summed E-state index contributed by atoms with van der Waals surface area (Å²) in [5.41, 5.74) is 3.57. The average molecular weight is 380 g/mol. The minimum Gasteiger partial charge on any atom is -0.322 e. The fourth-order valence-electron chi connectivity index (χ4n) is 2.70. The first-order chi connectivity index (χ1) is 12.9. The van der Waals surface area contributed by atoms with Crippen LogP contribution in [0, 0.1) is 13.8 Å². The van der Waals surface area contributed by atoms with Crippen LogP contribution in [-0.4, -0.2) is 14.3 Å². The lowest BCUT2D eigenvalue weighted by Crippen LogP contribution is -2.15. The van der Waals surface area contributed by atoms with Crippen LogP contribution in [0.25, 0.3) is 0 Å². The van der Waals surface area contributed by atoms with Gasteiger partial charge in [0, 0.05) is 16.9 Å². The van der Waals surface area contributed by atoms with E-state index < -0.39 is 10.0 Å². The van der Waals surface area contributed by atoms with Crippen molar-refractivity contribution in [2.24, 2.45) is 0 Å². The van der Waals surface area contributed by atoms with Gasteiger partial charge in [-0.25, -0.2) is 8.42 Å². The molecule has 0 atom stereocenters. The predicted molar refractivity (Wildman–Crippen MR) is 108 cm³/mol. The second-order valence-corrected chi connectivity index (χ2v) is 7.90. The van der Waals surface area contributed by atoms with Crippen LogP contribution in [0.1, 0.15) is 21.5 Å². The molecule has 0 heterocycles. The molecular weight excluding hydrogens is 360 g/mol. The van der Waals surface area contributed by atoms with Crippen LogP contribution >= 0.6 is 0 Å². The molecule has 3 rings (SSSR count). The van der Waals surface area contributed by atoms with Gasteiger partial charge in [0.25, 0.3) is 15.9 Å². The lowest BCUT2D eigenvalue weighted by atomic mass is 10.1. The minimum atomic E-state index is -3.71. The first-order valence-corrected chi connectivity index (χ1v) is 9.90. The summed E-state index contributed by atoms with van der Waals surface area (Å²) in [7, 11) is -3.71. The number of carbonyl (C=O) groups is 1. The summed E-state index contributed by atoms with van der Waals surface area (Å²) in [6, 6.07) is 20.3. The van der Waals surface area contributed by atoms with E-state index in [4.69, 9.17) is 0 Å². The van der Waals surface area contributed by atoms with E-state index in [1.165, 1.54) is 24.3 Å². The summed E-state index contributed by atoms with van der Waals surface area (Å²) in [6.07, 6.45) is 0. The molecular formula is C21H20N2O3S. The summed E-state index contributed by atoms with van der Waals surface area (Å²) >= 11 is 0. The topological polar surface area (TPSA) is 75.3 Å². The van der Waals surface area contributed by atoms with Crippen LogP contribution in [0.15, 0.2) is 77.7 Å². The van der Waals surface area contributed by atoms with Gasteiger partial charge < -0.3 is 5.32 Å². The van der Waals surface area contributed by atoms with Crippen LogP contribution in [0.3, 0.4) is 0 Å². The summed E-state index contributed by atoms with van der Waals surface area (Å²) in [6.45, 7) is 3.85. The summed E-state index contributed by atoms with van der Waals surface area (Å²) in [5.74, 6) is -0.285. The van der Waals surface area contributed by atoms with E-state index >= 15 is 0 Å². The number of amides is 1. The Kier molecular flexibility index (Phi) is 5.28. The quantitative estimate of drug-likeness (QED) is 0.691. The Labute approximate surface area is 159 Å². The van der Waals surface area contributed by atoms with Gasteiger partial charge in [-0.05, 0) is 61.4 Å². The molecule has 0 radical (unpaired) electrons. The van der Waals surface area contributed by atoms with Crippen LogP contribution in [-0.2, 0) is 10.0 Å². The Bertz CT molecular complexity index is 1040. The molecule has 3 aromatic rings. The summed E-state index contributed by atoms with van der Waals surface area (Å²) < 4.78 is 27.4. The highest BCUT2D eigenvalue weighted by atomic mass is 32.2. The first-order valence-electron chi connectivity index (χ1n) is 8.42. The lowest BCUT2D eigenvalue weighted by Gasteiger charge is -2.12. The Balaban J connectivity index is 1.77. The fourth-order valence-corrected chi connectivity index (χ4v) is 3.76. The zero-order valence-electron chi connectivity index (χ0n) is 15.1. The van der Waals surface area contributed by atoms with Crippen LogP contribution in [0.5, 0.6) is 0 Å². The number of rotatable bonds is 5. The van der Waals surface area contributed by atoms with Gasteiger partial charge in [-0.15, -0.1) is 0 Å². The molecule has 0 aromatic heterocycles. The SMILES string of the molecule is Cc1cccc(C)c1NC(=O)c1ccc(S(=O)(=O)Nc2ccccc2)cc1. The van der Waals surface area contributed by atoms with Crippen molar-refractivity contribution >= 4 is 27.3 Å². The third-order valence-corrected chi connectivity index (χ3v) is 5.57. The predicted octanol–water partition coefficient (Wildman–Crippen LogP) is 4.36. The molecule has 0 fully saturated rings. The van der Waals surface area contributed by atoms with Crippen LogP contribution in [0.4, 0.5) is 11.4 Å². The van der Waals surface area contributed by atoms with Crippen LogP contribution < -0.4 is 10.0 Å². The first kappa shape index (κ1) is 18.7. The van der Waals surface area contributed by atoms with Crippen molar-refractivity contribution in [1.82, 2.24) is 0 Å². The zero-order valence-corrected chi connectivity index (χ0v) is 15.9. The highest BCUT2D eigenvalue weighted by molar-refractivity contribution is 7.92. The van der Waals surface area contributed by atoms with E-state index in [0.29, 0.717) is 11.3 Å². The summed E-state index contributed by atoms with van der Waals surface area (Å²) in [4.78, 5) is 12.6. The third-order valence-electron chi connectivity index (χ3n) is 4.17. The third kappa shape index (κ3) is 4.35. The maximum absolute atomic E-state index is 12.5. The van der Waals surface area contributed by atoms with Gasteiger partial charge in [0.15, 0.2) is 0 Å². The Morgan fingerprint density at radius 1 is 0.778 bits per heavy atom. The maximum Gasteiger partial charge on any atom is 0.261 e. The number of para-hydroxylation sites is 2. The van der Waals surface area contributed by atoms with Crippen LogP contribution in [0.2, 0.25) is 0 Å². The Hall–Kier alpha value is -3.12. The molecule has 0 unspecified atom stereocenters. The van der Waals surface area contributed by atoms with Crippen molar-refractivity contribution in [3.8, 4) is 0 Å². The Morgan fingerprint density at radius 3 is 1.96 bits per heavy atom. The van der Waals surface area contributed by atoms with Crippen molar-refractivity contribution in [1.29, 1.82) is 0 Å². The van der Waals surface area contributed by atoms with Gasteiger partial charge in [-0.3, -0.25) is 9.52 Å². The number of hydrogen-bond acceptors (Lipinski definition) is 3. The normalized spacial score (nSPS) is 11.0. The lowest BCUT2D eigenvalue weighted by molar-refractivity contribution is 0.102. The number of carbonyl (C=O) groups excluding carboxylic acids is 1. The number of hydrogen-bond donors (Lipinski definition) is 2. The van der Waals surface area contributed by atoms with Gasteiger partial charge in [-0.2, -0.15) is 0 Å². The molecule has 0 saturated carbocycles. The van der Waals surface area contributed by atoms with Gasteiger partial charge in [0.2, 0.25) is 0 Å². The maximum atomic E-state index is 12.5. The van der Waals surface area contributed by atoms with E-state index in [2.05, 4.69) is 10.0 Å². The molecule has 0 aliphatic heterocycles. The molecule has 5 nitrogen and oxygen atoms in total. The van der Waals surface area contributed by atoms with Gasteiger partial charge in [-0.1, -0.05) is 36.4 Å². The molecule has 1 amide bonds. The second kappa shape index (κ2) is 7.63. The number of anilines is 2. The highest BCUT2D eigenvalue weighted by Gasteiger charge is 2.16. The number of nitrogens with one attached hydrogen (secondary N) is 2. The smallest absolute Gasteiger partial charge is 0.261 e. The molecule has 6 heteroatoms. The molecule has 138 valence electrons.